The van der Waals surface area contributed by atoms with Crippen molar-refractivity contribution >= 4 is 17.5 Å². The first-order valence-electron chi connectivity index (χ1n) is 3.09. The molecule has 0 aliphatic carbocycles. The minimum Gasteiger partial charge on any atom is -0.500 e. The van der Waals surface area contributed by atoms with Crippen LogP contribution in [0.2, 0.25) is 0 Å². The molecule has 0 aromatic heterocycles. The summed E-state index contributed by atoms with van der Waals surface area (Å²) in [6.45, 7) is 4.02. The molecule has 0 atom stereocenters. The van der Waals surface area contributed by atoms with Crippen LogP contribution in [-0.4, -0.2) is 18.6 Å². The summed E-state index contributed by atoms with van der Waals surface area (Å²) >= 11 is 1.40. The van der Waals surface area contributed by atoms with Gasteiger partial charge in [-0.1, -0.05) is 0 Å². The number of carbonyl (C=O) groups is 1. The quantitative estimate of drug-likeness (QED) is 0.463. The van der Waals surface area contributed by atoms with Gasteiger partial charge in [0.25, 0.3) is 0 Å². The fourth-order valence-electron chi connectivity index (χ4n) is 0.434. The molecule has 0 aliphatic heterocycles. The van der Waals surface area contributed by atoms with E-state index in [1.807, 2.05) is 13.2 Å². The number of hydrogen-bond acceptors (Lipinski definition) is 3. The monoisotopic (exact) mass is 160 g/mol. The molecule has 0 N–H and O–H groups in total. The number of ketones is 1. The molecule has 0 saturated carbocycles. The lowest BCUT2D eigenvalue weighted by molar-refractivity contribution is -0.113. The predicted molar refractivity (Wildman–Crippen MR) is 43.9 cm³/mol. The van der Waals surface area contributed by atoms with Gasteiger partial charge < -0.3 is 4.74 Å². The minimum absolute atomic E-state index is 0.0564. The highest BCUT2D eigenvalue weighted by Gasteiger charge is 1.99. The number of rotatable bonds is 4. The highest BCUT2D eigenvalue weighted by atomic mass is 32.2. The third-order valence-corrected chi connectivity index (χ3v) is 1.75. The van der Waals surface area contributed by atoms with Crippen molar-refractivity contribution in [2.75, 3.05) is 12.9 Å². The average Bonchev–Trinajstić information content (AvgIpc) is 1.89. The van der Waals surface area contributed by atoms with Crippen molar-refractivity contribution in [2.45, 2.75) is 13.8 Å². The predicted octanol–water partition coefficient (Wildman–Crippen LogP) is 1.82. The van der Waals surface area contributed by atoms with E-state index < -0.39 is 0 Å². The van der Waals surface area contributed by atoms with Crippen LogP contribution in [0.25, 0.3) is 0 Å². The van der Waals surface area contributed by atoms with E-state index in [1.165, 1.54) is 24.9 Å². The first-order valence-corrected chi connectivity index (χ1v) is 4.31. The van der Waals surface area contributed by atoms with E-state index in [-0.39, 0.29) is 5.78 Å². The molecule has 0 rings (SSSR count). The van der Waals surface area contributed by atoms with E-state index in [4.69, 9.17) is 4.74 Å². The largest absolute Gasteiger partial charge is 0.500 e. The van der Waals surface area contributed by atoms with Crippen LogP contribution in [0.5, 0.6) is 0 Å². The minimum atomic E-state index is 0.0564. The van der Waals surface area contributed by atoms with Gasteiger partial charge in [0.05, 0.1) is 11.5 Å². The summed E-state index contributed by atoms with van der Waals surface area (Å²) in [4.78, 5) is 11.4. The molecule has 10 heavy (non-hydrogen) atoms. The Morgan fingerprint density at radius 3 is 2.60 bits per heavy atom. The van der Waals surface area contributed by atoms with Crippen molar-refractivity contribution in [2.24, 2.45) is 0 Å². The van der Waals surface area contributed by atoms with Crippen molar-refractivity contribution in [3.63, 3.8) is 0 Å². The van der Waals surface area contributed by atoms with Gasteiger partial charge >= 0.3 is 0 Å². The summed E-state index contributed by atoms with van der Waals surface area (Å²) in [6, 6.07) is 0. The maximum absolute atomic E-state index is 10.7. The van der Waals surface area contributed by atoms with Gasteiger partial charge in [0, 0.05) is 0 Å². The topological polar surface area (TPSA) is 26.3 Å². The smallest absolute Gasteiger partial charge is 0.169 e. The summed E-state index contributed by atoms with van der Waals surface area (Å²) in [7, 11) is 0. The average molecular weight is 160 g/mol. The molecule has 58 valence electrons. The summed E-state index contributed by atoms with van der Waals surface area (Å²) in [6.07, 6.45) is 3.36. The fourth-order valence-corrected chi connectivity index (χ4v) is 0.886. The summed E-state index contributed by atoms with van der Waals surface area (Å²) in [5.41, 5.74) is 0. The van der Waals surface area contributed by atoms with Crippen LogP contribution >= 0.6 is 11.8 Å². The van der Waals surface area contributed by atoms with Crippen LogP contribution in [0, 0.1) is 0 Å². The second-order valence-electron chi connectivity index (χ2n) is 1.70. The molecule has 0 amide bonds. The Labute approximate surface area is 65.6 Å². The highest BCUT2D eigenvalue weighted by Crippen LogP contribution is 2.11. The number of ether oxygens (including phenoxy) is 1. The lowest BCUT2D eigenvalue weighted by Gasteiger charge is -1.98. The van der Waals surface area contributed by atoms with E-state index in [0.717, 1.165) is 0 Å². The van der Waals surface area contributed by atoms with Gasteiger partial charge in [-0.15, -0.1) is 11.8 Å². The van der Waals surface area contributed by atoms with Crippen LogP contribution in [-0.2, 0) is 9.53 Å². The first kappa shape index (κ1) is 9.56. The first-order chi connectivity index (χ1) is 4.72. The van der Waals surface area contributed by atoms with Crippen molar-refractivity contribution in [3.05, 3.63) is 11.2 Å². The Kier molecular flexibility index (Phi) is 5.12. The SMILES string of the molecule is CCO/C=C(/SC)C(C)=O. The van der Waals surface area contributed by atoms with Crippen molar-refractivity contribution < 1.29 is 9.53 Å². The maximum atomic E-state index is 10.7. The lowest BCUT2D eigenvalue weighted by Crippen LogP contribution is -1.92. The summed E-state index contributed by atoms with van der Waals surface area (Å²) < 4.78 is 4.94. The molecule has 0 bridgehead atoms. The molecule has 0 unspecified atom stereocenters. The fraction of sp³-hybridized carbons (Fsp3) is 0.571. The zero-order valence-electron chi connectivity index (χ0n) is 6.51. The second-order valence-corrected chi connectivity index (χ2v) is 2.55. The molecule has 0 radical (unpaired) electrons. The highest BCUT2D eigenvalue weighted by molar-refractivity contribution is 8.03. The van der Waals surface area contributed by atoms with Crippen LogP contribution in [0.3, 0.4) is 0 Å². The third-order valence-electron chi connectivity index (χ3n) is 0.924. The van der Waals surface area contributed by atoms with Gasteiger partial charge in [-0.2, -0.15) is 0 Å². The molecular formula is C7H12O2S. The zero-order valence-corrected chi connectivity index (χ0v) is 7.33. The number of carbonyl (C=O) groups excluding carboxylic acids is 1. The molecular weight excluding hydrogens is 148 g/mol. The van der Waals surface area contributed by atoms with Crippen LogP contribution in [0.4, 0.5) is 0 Å². The zero-order chi connectivity index (χ0) is 7.98. The maximum Gasteiger partial charge on any atom is 0.169 e. The van der Waals surface area contributed by atoms with Crippen molar-refractivity contribution in [3.8, 4) is 0 Å². The standard InChI is InChI=1S/C7H12O2S/c1-4-9-5-7(10-3)6(2)8/h5H,4H2,1-3H3/b7-5+. The Morgan fingerprint density at radius 2 is 2.30 bits per heavy atom. The molecule has 0 heterocycles. The van der Waals surface area contributed by atoms with E-state index in [2.05, 4.69) is 0 Å². The van der Waals surface area contributed by atoms with Crippen molar-refractivity contribution in [1.82, 2.24) is 0 Å². The molecule has 0 spiro atoms. The van der Waals surface area contributed by atoms with E-state index >= 15 is 0 Å². The molecule has 0 fully saturated rings. The number of allylic oxidation sites excluding steroid dienone is 1. The second kappa shape index (κ2) is 5.35. The Bertz CT molecular complexity index is 141. The van der Waals surface area contributed by atoms with Gasteiger partial charge in [0.15, 0.2) is 5.78 Å². The molecule has 2 nitrogen and oxygen atoms in total. The molecule has 3 heteroatoms. The molecule has 0 saturated heterocycles. The Hall–Kier alpha value is -0.440. The van der Waals surface area contributed by atoms with Gasteiger partial charge in [0.1, 0.15) is 6.26 Å². The lowest BCUT2D eigenvalue weighted by atomic mass is 10.4. The molecule has 0 aromatic rings. The summed E-state index contributed by atoms with van der Waals surface area (Å²) in [5.74, 6) is 0.0564. The van der Waals surface area contributed by atoms with Crippen LogP contribution in [0.15, 0.2) is 11.2 Å². The molecule has 0 aromatic carbocycles. The van der Waals surface area contributed by atoms with E-state index in [1.54, 1.807) is 0 Å². The third kappa shape index (κ3) is 3.56. The van der Waals surface area contributed by atoms with E-state index in [0.29, 0.717) is 11.5 Å². The van der Waals surface area contributed by atoms with Crippen molar-refractivity contribution in [1.29, 1.82) is 0 Å². The summed E-state index contributed by atoms with van der Waals surface area (Å²) in [5, 5.41) is 0. The molecule has 0 aliphatic rings. The number of thioether (sulfide) groups is 1. The Morgan fingerprint density at radius 1 is 1.70 bits per heavy atom. The Balaban J connectivity index is 3.91. The van der Waals surface area contributed by atoms with Gasteiger partial charge in [-0.3, -0.25) is 4.79 Å². The number of hydrogen-bond donors (Lipinski definition) is 0. The van der Waals surface area contributed by atoms with Gasteiger partial charge in [-0.05, 0) is 20.1 Å². The van der Waals surface area contributed by atoms with Crippen LogP contribution in [0.1, 0.15) is 13.8 Å². The van der Waals surface area contributed by atoms with Gasteiger partial charge in [-0.25, -0.2) is 0 Å². The normalized spacial score (nSPS) is 11.3. The van der Waals surface area contributed by atoms with Gasteiger partial charge in [0.2, 0.25) is 0 Å². The number of Topliss-reactive ketones (excluding diaryl/α,β-unsaturated/α-hetero) is 1. The van der Waals surface area contributed by atoms with E-state index in [9.17, 15) is 4.79 Å². The van der Waals surface area contributed by atoms with Crippen LogP contribution < -0.4 is 0 Å².